The molecule has 0 amide bonds. The van der Waals surface area contributed by atoms with Gasteiger partial charge in [0.1, 0.15) is 5.76 Å². The van der Waals surface area contributed by atoms with Gasteiger partial charge in [-0.25, -0.2) is 5.26 Å². The van der Waals surface area contributed by atoms with Crippen LogP contribution in [0.25, 0.3) is 0 Å². The van der Waals surface area contributed by atoms with Gasteiger partial charge in [-0.05, 0) is 30.4 Å². The molecule has 3 nitrogen and oxygen atoms in total. The summed E-state index contributed by atoms with van der Waals surface area (Å²) >= 11 is 0. The summed E-state index contributed by atoms with van der Waals surface area (Å²) < 4.78 is 0. The van der Waals surface area contributed by atoms with Gasteiger partial charge in [0.2, 0.25) is 0 Å². The van der Waals surface area contributed by atoms with Gasteiger partial charge < -0.3 is 4.89 Å². The zero-order valence-electron chi connectivity index (χ0n) is 5.17. The van der Waals surface area contributed by atoms with Crippen LogP contribution in [0.15, 0.2) is 11.8 Å². The maximum absolute atomic E-state index is 7.86. The van der Waals surface area contributed by atoms with E-state index in [1.165, 1.54) is 6.42 Å². The molecule has 0 unspecified atom stereocenters. The lowest BCUT2D eigenvalue weighted by Crippen LogP contribution is -1.95. The highest BCUT2D eigenvalue weighted by atomic mass is 17.5. The average molecular weight is 130 g/mol. The summed E-state index contributed by atoms with van der Waals surface area (Å²) in [5.74, 6) is 0.740. The first kappa shape index (κ1) is 6.58. The second-order valence-corrected chi connectivity index (χ2v) is 2.07. The van der Waals surface area contributed by atoms with E-state index in [0.717, 1.165) is 25.0 Å². The Morgan fingerprint density at radius 3 is 2.89 bits per heavy atom. The molecule has 0 saturated heterocycles. The Hall–Kier alpha value is -0.540. The lowest BCUT2D eigenvalue weighted by atomic mass is 10.1. The van der Waals surface area contributed by atoms with Gasteiger partial charge in [-0.3, -0.25) is 0 Å². The second-order valence-electron chi connectivity index (χ2n) is 2.07. The van der Waals surface area contributed by atoms with Gasteiger partial charge in [-0.15, -0.1) is 0 Å². The van der Waals surface area contributed by atoms with Gasteiger partial charge in [0, 0.05) is 6.42 Å². The van der Waals surface area contributed by atoms with Crippen molar-refractivity contribution in [2.75, 3.05) is 0 Å². The number of hydrogen-bond acceptors (Lipinski definition) is 3. The molecule has 0 saturated carbocycles. The Morgan fingerprint density at radius 1 is 1.44 bits per heavy atom. The summed E-state index contributed by atoms with van der Waals surface area (Å²) in [6.45, 7) is 0. The highest BCUT2D eigenvalue weighted by Gasteiger charge is 2.04. The third-order valence-corrected chi connectivity index (χ3v) is 1.39. The molecule has 0 radical (unpaired) electrons. The summed E-state index contributed by atoms with van der Waals surface area (Å²) in [5.41, 5.74) is 0. The molecule has 0 aromatic heterocycles. The Bertz CT molecular complexity index is 109. The van der Waals surface area contributed by atoms with E-state index >= 15 is 0 Å². The van der Waals surface area contributed by atoms with Gasteiger partial charge in [0.25, 0.3) is 0 Å². The van der Waals surface area contributed by atoms with Crippen molar-refractivity contribution in [1.82, 2.24) is 0 Å². The molecular formula is C6H10O3. The molecule has 0 aliphatic heterocycles. The molecule has 3 heteroatoms. The molecule has 1 rings (SSSR count). The third kappa shape index (κ3) is 2.03. The van der Waals surface area contributed by atoms with Crippen LogP contribution in [0.1, 0.15) is 25.7 Å². The van der Waals surface area contributed by atoms with E-state index in [-0.39, 0.29) is 0 Å². The maximum atomic E-state index is 7.86. The summed E-state index contributed by atoms with van der Waals surface area (Å²) in [7, 11) is 0. The summed E-state index contributed by atoms with van der Waals surface area (Å²) in [6, 6.07) is 0. The fraction of sp³-hybridized carbons (Fsp3) is 0.667. The van der Waals surface area contributed by atoms with Crippen molar-refractivity contribution in [3.05, 3.63) is 11.8 Å². The fourth-order valence-electron chi connectivity index (χ4n) is 0.932. The van der Waals surface area contributed by atoms with Crippen LogP contribution in [0.2, 0.25) is 0 Å². The van der Waals surface area contributed by atoms with Crippen molar-refractivity contribution in [1.29, 1.82) is 0 Å². The quantitative estimate of drug-likeness (QED) is 0.458. The van der Waals surface area contributed by atoms with E-state index in [4.69, 9.17) is 5.26 Å². The van der Waals surface area contributed by atoms with Gasteiger partial charge in [0.15, 0.2) is 0 Å². The van der Waals surface area contributed by atoms with Crippen LogP contribution in [-0.2, 0) is 9.93 Å². The molecule has 1 aliphatic rings. The minimum absolute atomic E-state index is 0.740. The monoisotopic (exact) mass is 130 g/mol. The van der Waals surface area contributed by atoms with Crippen LogP contribution in [0.5, 0.6) is 0 Å². The zero-order valence-corrected chi connectivity index (χ0v) is 5.17. The first-order chi connectivity index (χ1) is 4.43. The predicted molar refractivity (Wildman–Crippen MR) is 31.3 cm³/mol. The van der Waals surface area contributed by atoms with Crippen LogP contribution < -0.4 is 0 Å². The van der Waals surface area contributed by atoms with Gasteiger partial charge in [-0.2, -0.15) is 0 Å². The van der Waals surface area contributed by atoms with Crippen LogP contribution >= 0.6 is 0 Å². The molecule has 0 spiro atoms. The number of allylic oxidation sites excluding steroid dienone is 2. The van der Waals surface area contributed by atoms with Crippen LogP contribution in [0.3, 0.4) is 0 Å². The summed E-state index contributed by atoms with van der Waals surface area (Å²) in [4.78, 5) is 4.40. The van der Waals surface area contributed by atoms with Crippen molar-refractivity contribution in [2.45, 2.75) is 25.7 Å². The summed E-state index contributed by atoms with van der Waals surface area (Å²) in [6.07, 6.45) is 6.16. The van der Waals surface area contributed by atoms with E-state index < -0.39 is 0 Å². The molecule has 0 fully saturated rings. The second kappa shape index (κ2) is 3.48. The molecule has 52 valence electrons. The molecule has 1 aliphatic carbocycles. The minimum Gasteiger partial charge on any atom is -0.313 e. The van der Waals surface area contributed by atoms with E-state index in [0.29, 0.717) is 0 Å². The maximum Gasteiger partial charge on any atom is 0.141 e. The van der Waals surface area contributed by atoms with E-state index in [9.17, 15) is 0 Å². The molecule has 0 bridgehead atoms. The number of rotatable bonds is 2. The van der Waals surface area contributed by atoms with Crippen molar-refractivity contribution in [3.8, 4) is 0 Å². The topological polar surface area (TPSA) is 38.7 Å². The summed E-state index contributed by atoms with van der Waals surface area (Å²) in [5, 5.41) is 11.4. The molecule has 0 atom stereocenters. The van der Waals surface area contributed by atoms with E-state index in [1.54, 1.807) is 0 Å². The van der Waals surface area contributed by atoms with Crippen molar-refractivity contribution < 1.29 is 15.2 Å². The van der Waals surface area contributed by atoms with Gasteiger partial charge >= 0.3 is 0 Å². The molecule has 0 aromatic carbocycles. The Morgan fingerprint density at radius 2 is 2.33 bits per heavy atom. The Balaban J connectivity index is 2.28. The van der Waals surface area contributed by atoms with Crippen LogP contribution in [0, 0.1) is 0 Å². The Kier molecular flexibility index (Phi) is 2.54. The first-order valence-electron chi connectivity index (χ1n) is 3.10. The van der Waals surface area contributed by atoms with Gasteiger partial charge in [0.05, 0.1) is 0 Å². The molecule has 9 heavy (non-hydrogen) atoms. The molecule has 0 aromatic rings. The largest absolute Gasteiger partial charge is 0.313 e. The van der Waals surface area contributed by atoms with Crippen molar-refractivity contribution in [2.24, 2.45) is 0 Å². The van der Waals surface area contributed by atoms with E-state index in [1.807, 2.05) is 6.08 Å². The first-order valence-corrected chi connectivity index (χ1v) is 3.10. The SMILES string of the molecule is OOOC1=CCCCC1. The Labute approximate surface area is 53.7 Å². The molecule has 1 N–H and O–H groups in total. The normalized spacial score (nSPS) is 19.0. The predicted octanol–water partition coefficient (Wildman–Crippen LogP) is 1.87. The smallest absolute Gasteiger partial charge is 0.141 e. The minimum atomic E-state index is 0.740. The van der Waals surface area contributed by atoms with Crippen LogP contribution in [0.4, 0.5) is 0 Å². The number of hydrogen-bond donors (Lipinski definition) is 1. The van der Waals surface area contributed by atoms with Crippen molar-refractivity contribution >= 4 is 0 Å². The zero-order chi connectivity index (χ0) is 6.53. The average Bonchev–Trinajstić information content (AvgIpc) is 1.91. The van der Waals surface area contributed by atoms with Crippen LogP contribution in [-0.4, -0.2) is 5.26 Å². The lowest BCUT2D eigenvalue weighted by Gasteiger charge is -2.08. The highest BCUT2D eigenvalue weighted by molar-refractivity contribution is 4.95. The third-order valence-electron chi connectivity index (χ3n) is 1.39. The van der Waals surface area contributed by atoms with Crippen molar-refractivity contribution in [3.63, 3.8) is 0 Å². The standard InChI is InChI=1S/C6H10O3/c7-9-8-6-4-2-1-3-5-6/h4,7H,1-3,5H2. The van der Waals surface area contributed by atoms with Gasteiger partial charge in [-0.1, -0.05) is 0 Å². The lowest BCUT2D eigenvalue weighted by molar-refractivity contribution is -0.473. The highest BCUT2D eigenvalue weighted by Crippen LogP contribution is 2.17. The molecular weight excluding hydrogens is 120 g/mol. The molecule has 0 heterocycles. The fourth-order valence-corrected chi connectivity index (χ4v) is 0.932. The van der Waals surface area contributed by atoms with E-state index in [2.05, 4.69) is 9.93 Å².